The highest BCUT2D eigenvalue weighted by Gasteiger charge is 2.42. The first-order chi connectivity index (χ1) is 13.2. The summed E-state index contributed by atoms with van der Waals surface area (Å²) in [5.74, 6) is 1.84. The molecule has 0 saturated carbocycles. The van der Waals surface area contributed by atoms with Gasteiger partial charge in [0.1, 0.15) is 17.2 Å². The number of ether oxygens (including phenoxy) is 1. The quantitative estimate of drug-likeness (QED) is 0.648. The molecule has 8 heteroatoms. The van der Waals surface area contributed by atoms with E-state index in [9.17, 15) is 4.79 Å². The summed E-state index contributed by atoms with van der Waals surface area (Å²) in [6.45, 7) is 3.34. The molecule has 3 aromatic rings. The molecular weight excluding hydrogens is 362 g/mol. The predicted molar refractivity (Wildman–Crippen MR) is 100 cm³/mol. The molecule has 0 atom stereocenters. The number of carbonyl (C=O) groups excluding carboxylic acids is 1. The molecule has 5 rings (SSSR count). The Labute approximate surface area is 160 Å². The first-order valence-corrected chi connectivity index (χ1v) is 9.87. The fourth-order valence-corrected chi connectivity index (χ4v) is 4.47. The summed E-state index contributed by atoms with van der Waals surface area (Å²) in [6.07, 6.45) is 4.17. The number of benzene rings is 1. The summed E-state index contributed by atoms with van der Waals surface area (Å²) in [7, 11) is 0. The highest BCUT2D eigenvalue weighted by molar-refractivity contribution is 7.03. The van der Waals surface area contributed by atoms with Gasteiger partial charge in [0.2, 0.25) is 0 Å². The number of likely N-dealkylation sites (tertiary alicyclic amines) is 1. The highest BCUT2D eigenvalue weighted by atomic mass is 32.1. The molecular formula is C19H19N5O2S. The van der Waals surface area contributed by atoms with Gasteiger partial charge in [0.15, 0.2) is 5.69 Å². The van der Waals surface area contributed by atoms with Gasteiger partial charge in [0, 0.05) is 49.6 Å². The lowest BCUT2D eigenvalue weighted by Crippen LogP contribution is -2.51. The Morgan fingerprint density at radius 1 is 1.26 bits per heavy atom. The third kappa shape index (κ3) is 2.71. The Morgan fingerprint density at radius 2 is 2.07 bits per heavy atom. The second-order valence-corrected chi connectivity index (χ2v) is 7.77. The largest absolute Gasteiger partial charge is 0.484 e. The lowest BCUT2D eigenvalue weighted by molar-refractivity contribution is 0.00465. The molecule has 7 nitrogen and oxygen atoms in total. The molecule has 2 aliphatic heterocycles. The number of aryl methyl sites for hydroxylation is 1. The molecule has 1 saturated heterocycles. The van der Waals surface area contributed by atoms with Crippen LogP contribution in [-0.2, 0) is 6.42 Å². The van der Waals surface area contributed by atoms with Crippen LogP contribution in [0.1, 0.15) is 34.8 Å². The van der Waals surface area contributed by atoms with Crippen LogP contribution in [-0.4, -0.2) is 48.6 Å². The van der Waals surface area contributed by atoms with Crippen molar-refractivity contribution in [3.8, 4) is 11.4 Å². The van der Waals surface area contributed by atoms with Crippen molar-refractivity contribution >= 4 is 17.4 Å². The van der Waals surface area contributed by atoms with E-state index in [1.165, 1.54) is 11.5 Å². The number of hydrogen-bond acceptors (Lipinski definition) is 6. The fraction of sp³-hybridized carbons (Fsp3) is 0.368. The van der Waals surface area contributed by atoms with Crippen molar-refractivity contribution in [2.45, 2.75) is 31.8 Å². The summed E-state index contributed by atoms with van der Waals surface area (Å²) in [5, 5.41) is 5.60. The number of aromatic nitrogens is 4. The Bertz CT molecular complexity index is 989. The minimum Gasteiger partial charge on any atom is -0.484 e. The van der Waals surface area contributed by atoms with Crippen LogP contribution in [0.2, 0.25) is 0 Å². The molecule has 138 valence electrons. The van der Waals surface area contributed by atoms with E-state index in [1.54, 1.807) is 5.38 Å². The van der Waals surface area contributed by atoms with E-state index >= 15 is 0 Å². The number of piperidine rings is 1. The van der Waals surface area contributed by atoms with Gasteiger partial charge in [-0.05, 0) is 30.6 Å². The van der Waals surface area contributed by atoms with Crippen molar-refractivity contribution in [1.29, 1.82) is 0 Å². The molecule has 0 unspecified atom stereocenters. The van der Waals surface area contributed by atoms with Crippen molar-refractivity contribution in [1.82, 2.24) is 24.0 Å². The third-order valence-electron chi connectivity index (χ3n) is 5.47. The van der Waals surface area contributed by atoms with Crippen LogP contribution in [0, 0.1) is 6.92 Å². The highest BCUT2D eigenvalue weighted by Crippen LogP contribution is 2.39. The van der Waals surface area contributed by atoms with Crippen LogP contribution in [0.25, 0.3) is 5.69 Å². The number of carbonyl (C=O) groups is 1. The molecule has 27 heavy (non-hydrogen) atoms. The van der Waals surface area contributed by atoms with Crippen LogP contribution in [0.15, 0.2) is 35.8 Å². The molecule has 1 amide bonds. The Kier molecular flexibility index (Phi) is 3.75. The normalized spacial score (nSPS) is 17.7. The van der Waals surface area contributed by atoms with Gasteiger partial charge in [-0.1, -0.05) is 16.6 Å². The number of fused-ring (bicyclic) bond motifs is 3. The van der Waals surface area contributed by atoms with Gasteiger partial charge >= 0.3 is 0 Å². The first kappa shape index (κ1) is 16.4. The van der Waals surface area contributed by atoms with Gasteiger partial charge in [-0.15, -0.1) is 5.10 Å². The standard InChI is InChI=1S/C19H19N5O2S/c1-13-11-20-17-10-19(26-16-5-3-2-4-15(16)24(13)17)6-8-23(9-7-19)18(25)14-12-27-22-21-14/h2-5,11-12H,6-10H2,1H3. The van der Waals surface area contributed by atoms with Gasteiger partial charge in [-0.25, -0.2) is 4.98 Å². The Hall–Kier alpha value is -2.74. The molecule has 2 aliphatic rings. The molecule has 0 aliphatic carbocycles. The van der Waals surface area contributed by atoms with Gasteiger partial charge in [-0.3, -0.25) is 9.36 Å². The molecule has 1 aromatic carbocycles. The van der Waals surface area contributed by atoms with Crippen LogP contribution in [0.3, 0.4) is 0 Å². The maximum Gasteiger partial charge on any atom is 0.275 e. The molecule has 0 N–H and O–H groups in total. The zero-order valence-electron chi connectivity index (χ0n) is 15.0. The van der Waals surface area contributed by atoms with Crippen LogP contribution >= 0.6 is 11.5 Å². The minimum absolute atomic E-state index is 0.0510. The van der Waals surface area contributed by atoms with E-state index in [1.807, 2.05) is 29.3 Å². The van der Waals surface area contributed by atoms with Crippen molar-refractivity contribution in [2.75, 3.05) is 13.1 Å². The van der Waals surface area contributed by atoms with Gasteiger partial charge < -0.3 is 9.64 Å². The molecule has 2 aromatic heterocycles. The predicted octanol–water partition coefficient (Wildman–Crippen LogP) is 2.64. The van der Waals surface area contributed by atoms with Crippen LogP contribution < -0.4 is 4.74 Å². The summed E-state index contributed by atoms with van der Waals surface area (Å²) >= 11 is 1.20. The minimum atomic E-state index is -0.348. The topological polar surface area (TPSA) is 73.1 Å². The Balaban J connectivity index is 1.44. The number of amides is 1. The second-order valence-electron chi connectivity index (χ2n) is 7.16. The van der Waals surface area contributed by atoms with Gasteiger partial charge in [0.05, 0.1) is 5.69 Å². The van der Waals surface area contributed by atoms with Gasteiger partial charge in [-0.2, -0.15) is 0 Å². The summed E-state index contributed by atoms with van der Waals surface area (Å²) < 4.78 is 12.6. The van der Waals surface area contributed by atoms with E-state index < -0.39 is 0 Å². The Morgan fingerprint density at radius 3 is 2.85 bits per heavy atom. The maximum atomic E-state index is 12.6. The van der Waals surface area contributed by atoms with Crippen molar-refractivity contribution < 1.29 is 9.53 Å². The van der Waals surface area contributed by atoms with E-state index in [-0.39, 0.29) is 11.5 Å². The molecule has 1 fully saturated rings. The number of hydrogen-bond donors (Lipinski definition) is 0. The van der Waals surface area contributed by atoms with E-state index in [2.05, 4.69) is 32.1 Å². The first-order valence-electron chi connectivity index (χ1n) is 9.03. The van der Waals surface area contributed by atoms with Crippen molar-refractivity contribution in [3.63, 3.8) is 0 Å². The van der Waals surface area contributed by atoms with E-state index in [0.29, 0.717) is 18.8 Å². The third-order valence-corrected chi connectivity index (χ3v) is 5.97. The molecule has 4 heterocycles. The SMILES string of the molecule is Cc1cnc2n1-c1ccccc1OC1(CCN(C(=O)c3csnn3)CC1)C2. The molecule has 0 bridgehead atoms. The summed E-state index contributed by atoms with van der Waals surface area (Å²) in [4.78, 5) is 19.1. The number of nitrogens with zero attached hydrogens (tertiary/aromatic N) is 5. The average Bonchev–Trinajstić information content (AvgIpc) is 3.30. The lowest BCUT2D eigenvalue weighted by atomic mass is 9.87. The van der Waals surface area contributed by atoms with Crippen LogP contribution in [0.4, 0.5) is 0 Å². The van der Waals surface area contributed by atoms with Crippen LogP contribution in [0.5, 0.6) is 5.75 Å². The zero-order valence-corrected chi connectivity index (χ0v) is 15.8. The van der Waals surface area contributed by atoms with Crippen molar-refractivity contribution in [3.05, 3.63) is 53.1 Å². The molecule has 0 radical (unpaired) electrons. The second kappa shape index (κ2) is 6.16. The smallest absolute Gasteiger partial charge is 0.275 e. The van der Waals surface area contributed by atoms with E-state index in [0.717, 1.165) is 42.2 Å². The number of rotatable bonds is 1. The molecule has 1 spiro atoms. The fourth-order valence-electron chi connectivity index (χ4n) is 4.04. The zero-order chi connectivity index (χ0) is 18.4. The van der Waals surface area contributed by atoms with Crippen molar-refractivity contribution in [2.24, 2.45) is 0 Å². The van der Waals surface area contributed by atoms with Gasteiger partial charge in [0.25, 0.3) is 5.91 Å². The lowest BCUT2D eigenvalue weighted by Gasteiger charge is -2.40. The summed E-state index contributed by atoms with van der Waals surface area (Å²) in [6, 6.07) is 8.11. The van der Waals surface area contributed by atoms with E-state index in [4.69, 9.17) is 4.74 Å². The maximum absolute atomic E-state index is 12.6. The monoisotopic (exact) mass is 381 g/mol. The number of para-hydroxylation sites is 2. The number of imidazole rings is 1. The summed E-state index contributed by atoms with van der Waals surface area (Å²) in [5.41, 5.74) is 2.21. The average molecular weight is 381 g/mol.